The van der Waals surface area contributed by atoms with Gasteiger partial charge in [0.05, 0.1) is 12.0 Å². The summed E-state index contributed by atoms with van der Waals surface area (Å²) in [6.07, 6.45) is 4.94. The summed E-state index contributed by atoms with van der Waals surface area (Å²) in [6, 6.07) is 23.5. The van der Waals surface area contributed by atoms with Crippen molar-refractivity contribution in [2.24, 2.45) is 5.92 Å². The summed E-state index contributed by atoms with van der Waals surface area (Å²) in [5.41, 5.74) is 3.09. The van der Waals surface area contributed by atoms with Crippen LogP contribution in [-0.2, 0) is 17.9 Å². The van der Waals surface area contributed by atoms with Crippen molar-refractivity contribution >= 4 is 11.9 Å². The maximum absolute atomic E-state index is 13.2. The van der Waals surface area contributed by atoms with E-state index in [1.807, 2.05) is 77.7 Å². The van der Waals surface area contributed by atoms with Crippen LogP contribution >= 0.6 is 0 Å². The topological polar surface area (TPSA) is 74.3 Å². The van der Waals surface area contributed by atoms with Gasteiger partial charge in [0, 0.05) is 32.0 Å². The minimum Gasteiger partial charge on any atom is -0.352 e. The van der Waals surface area contributed by atoms with Gasteiger partial charge in [0.1, 0.15) is 0 Å². The van der Waals surface area contributed by atoms with Crippen LogP contribution in [0.25, 0.3) is 0 Å². The number of amides is 3. The molecule has 1 saturated heterocycles. The molecule has 1 aliphatic rings. The molecule has 3 aromatic rings. The Labute approximate surface area is 188 Å². The van der Waals surface area contributed by atoms with Crippen LogP contribution in [0.1, 0.15) is 35.6 Å². The molecule has 1 fully saturated rings. The highest BCUT2D eigenvalue weighted by atomic mass is 16.2. The molecule has 2 N–H and O–H groups in total. The minimum atomic E-state index is -0.242. The third-order valence-electron chi connectivity index (χ3n) is 5.87. The summed E-state index contributed by atoms with van der Waals surface area (Å²) >= 11 is 0. The molecular formula is C26H28N4O2. The average molecular weight is 429 g/mol. The molecule has 0 spiro atoms. The van der Waals surface area contributed by atoms with Crippen LogP contribution in [0.5, 0.6) is 0 Å². The zero-order chi connectivity index (χ0) is 22.2. The summed E-state index contributed by atoms with van der Waals surface area (Å²) in [5.74, 6) is -0.268. The maximum atomic E-state index is 13.2. The fourth-order valence-corrected chi connectivity index (χ4v) is 4.14. The Morgan fingerprint density at radius 2 is 1.53 bits per heavy atom. The van der Waals surface area contributed by atoms with Gasteiger partial charge in [0.25, 0.3) is 0 Å². The highest BCUT2D eigenvalue weighted by molar-refractivity contribution is 5.81. The molecule has 0 bridgehead atoms. The van der Waals surface area contributed by atoms with E-state index < -0.39 is 0 Å². The Balaban J connectivity index is 1.43. The molecule has 2 heterocycles. The quantitative estimate of drug-likeness (QED) is 0.622. The first-order valence-electron chi connectivity index (χ1n) is 11.0. The lowest BCUT2D eigenvalue weighted by Gasteiger charge is -2.39. The number of hydrogen-bond acceptors (Lipinski definition) is 3. The largest absolute Gasteiger partial charge is 0.352 e. The molecule has 0 aliphatic carbocycles. The van der Waals surface area contributed by atoms with Gasteiger partial charge >= 0.3 is 6.03 Å². The number of urea groups is 1. The number of carbonyl (C=O) groups excluding carboxylic acids is 2. The molecule has 2 atom stereocenters. The Morgan fingerprint density at radius 1 is 0.844 bits per heavy atom. The first-order chi connectivity index (χ1) is 15.7. The fourth-order valence-electron chi connectivity index (χ4n) is 4.14. The first kappa shape index (κ1) is 21.6. The summed E-state index contributed by atoms with van der Waals surface area (Å²) in [4.78, 5) is 32.0. The van der Waals surface area contributed by atoms with Gasteiger partial charge in [-0.3, -0.25) is 9.78 Å². The SMILES string of the molecule is O=C(NCc1cccnc1)C1CCC(c2ccccc2)N(C(=O)NCc2ccccc2)C1. The zero-order valence-electron chi connectivity index (χ0n) is 18.0. The molecule has 1 aromatic heterocycles. The van der Waals surface area contributed by atoms with E-state index in [2.05, 4.69) is 15.6 Å². The maximum Gasteiger partial charge on any atom is 0.318 e. The molecule has 1 aliphatic heterocycles. The summed E-state index contributed by atoms with van der Waals surface area (Å²) < 4.78 is 0. The number of likely N-dealkylation sites (tertiary alicyclic amines) is 1. The molecule has 3 amide bonds. The number of aromatic nitrogens is 1. The zero-order valence-corrected chi connectivity index (χ0v) is 18.0. The number of hydrogen-bond donors (Lipinski definition) is 2. The van der Waals surface area contributed by atoms with Crippen LogP contribution < -0.4 is 10.6 Å². The molecule has 0 radical (unpaired) electrons. The standard InChI is InChI=1S/C26H28N4O2/c31-25(28-18-21-10-7-15-27-16-21)23-13-14-24(22-11-5-2-6-12-22)30(19-23)26(32)29-17-20-8-3-1-4-9-20/h1-12,15-16,23-24H,13-14,17-19H2,(H,28,31)(H,29,32). The number of nitrogens with zero attached hydrogens (tertiary/aromatic N) is 2. The summed E-state index contributed by atoms with van der Waals surface area (Å²) in [7, 11) is 0. The van der Waals surface area contributed by atoms with Crippen LogP contribution in [0.2, 0.25) is 0 Å². The molecule has 164 valence electrons. The molecule has 2 aromatic carbocycles. The van der Waals surface area contributed by atoms with E-state index in [0.29, 0.717) is 19.6 Å². The first-order valence-corrected chi connectivity index (χ1v) is 11.0. The van der Waals surface area contributed by atoms with Gasteiger partial charge in [-0.15, -0.1) is 0 Å². The van der Waals surface area contributed by atoms with Crippen LogP contribution in [0, 0.1) is 5.92 Å². The summed E-state index contributed by atoms with van der Waals surface area (Å²) in [5, 5.41) is 6.04. The number of piperidine rings is 1. The smallest absolute Gasteiger partial charge is 0.318 e. The van der Waals surface area contributed by atoms with E-state index in [4.69, 9.17) is 0 Å². The third kappa shape index (κ3) is 5.52. The molecule has 0 saturated carbocycles. The van der Waals surface area contributed by atoms with E-state index in [9.17, 15) is 9.59 Å². The van der Waals surface area contributed by atoms with Gasteiger partial charge in [0.2, 0.25) is 5.91 Å². The normalized spacial score (nSPS) is 18.1. The van der Waals surface area contributed by atoms with E-state index in [0.717, 1.165) is 29.5 Å². The number of rotatable bonds is 6. The van der Waals surface area contributed by atoms with Crippen molar-refractivity contribution in [2.75, 3.05) is 6.54 Å². The van der Waals surface area contributed by atoms with Gasteiger partial charge in [0.15, 0.2) is 0 Å². The monoisotopic (exact) mass is 428 g/mol. The van der Waals surface area contributed by atoms with Crippen molar-refractivity contribution in [1.29, 1.82) is 0 Å². The number of carbonyl (C=O) groups is 2. The highest BCUT2D eigenvalue weighted by Gasteiger charge is 2.35. The van der Waals surface area contributed by atoms with E-state index in [-0.39, 0.29) is 23.9 Å². The second-order valence-electron chi connectivity index (χ2n) is 8.08. The van der Waals surface area contributed by atoms with Crippen LogP contribution in [0.4, 0.5) is 4.79 Å². The van der Waals surface area contributed by atoms with E-state index in [1.165, 1.54) is 0 Å². The molecule has 2 unspecified atom stereocenters. The van der Waals surface area contributed by atoms with E-state index >= 15 is 0 Å². The van der Waals surface area contributed by atoms with Gasteiger partial charge < -0.3 is 15.5 Å². The molecular weight excluding hydrogens is 400 g/mol. The predicted octanol–water partition coefficient (Wildman–Crippen LogP) is 4.06. The van der Waals surface area contributed by atoms with Crippen LogP contribution in [0.15, 0.2) is 85.2 Å². The number of benzene rings is 2. The van der Waals surface area contributed by atoms with Crippen molar-refractivity contribution in [2.45, 2.75) is 32.0 Å². The second kappa shape index (κ2) is 10.6. The second-order valence-corrected chi connectivity index (χ2v) is 8.08. The van der Waals surface area contributed by atoms with Gasteiger partial charge in [-0.05, 0) is 35.6 Å². The third-order valence-corrected chi connectivity index (χ3v) is 5.87. The van der Waals surface area contributed by atoms with Crippen molar-refractivity contribution in [1.82, 2.24) is 20.5 Å². The van der Waals surface area contributed by atoms with Gasteiger partial charge in [-0.2, -0.15) is 0 Å². The van der Waals surface area contributed by atoms with Crippen molar-refractivity contribution in [3.63, 3.8) is 0 Å². The fraction of sp³-hybridized carbons (Fsp3) is 0.269. The lowest BCUT2D eigenvalue weighted by atomic mass is 9.88. The molecule has 6 heteroatoms. The number of pyridine rings is 1. The minimum absolute atomic E-state index is 0.0266. The summed E-state index contributed by atoms with van der Waals surface area (Å²) in [6.45, 7) is 1.28. The van der Waals surface area contributed by atoms with Crippen LogP contribution in [0.3, 0.4) is 0 Å². The Morgan fingerprint density at radius 3 is 2.25 bits per heavy atom. The average Bonchev–Trinajstić information content (AvgIpc) is 2.87. The Bertz CT molecular complexity index is 1010. The highest BCUT2D eigenvalue weighted by Crippen LogP contribution is 2.33. The lowest BCUT2D eigenvalue weighted by Crippen LogP contribution is -2.50. The molecule has 6 nitrogen and oxygen atoms in total. The predicted molar refractivity (Wildman–Crippen MR) is 123 cm³/mol. The van der Waals surface area contributed by atoms with Crippen molar-refractivity contribution < 1.29 is 9.59 Å². The van der Waals surface area contributed by atoms with Gasteiger partial charge in [-0.1, -0.05) is 66.7 Å². The van der Waals surface area contributed by atoms with Crippen molar-refractivity contribution in [3.8, 4) is 0 Å². The van der Waals surface area contributed by atoms with E-state index in [1.54, 1.807) is 12.4 Å². The molecule has 4 rings (SSSR count). The molecule has 32 heavy (non-hydrogen) atoms. The number of nitrogens with one attached hydrogen (secondary N) is 2. The van der Waals surface area contributed by atoms with Crippen LogP contribution in [-0.4, -0.2) is 28.4 Å². The Kier molecular flexibility index (Phi) is 7.12. The van der Waals surface area contributed by atoms with Gasteiger partial charge in [-0.25, -0.2) is 4.79 Å². The Hall–Kier alpha value is -3.67. The lowest BCUT2D eigenvalue weighted by molar-refractivity contribution is -0.126. The van der Waals surface area contributed by atoms with Crippen molar-refractivity contribution in [3.05, 3.63) is 102 Å².